The van der Waals surface area contributed by atoms with E-state index in [9.17, 15) is 9.59 Å². The van der Waals surface area contributed by atoms with Crippen molar-refractivity contribution in [2.24, 2.45) is 0 Å². The number of carbonyl (C=O) groups is 2. The first-order valence-electron chi connectivity index (χ1n) is 4.99. The van der Waals surface area contributed by atoms with Gasteiger partial charge in [0.25, 0.3) is 0 Å². The Morgan fingerprint density at radius 1 is 1.31 bits per heavy atom. The molecule has 2 amide bonds. The van der Waals surface area contributed by atoms with Crippen molar-refractivity contribution >= 4 is 12.3 Å². The quantitative estimate of drug-likeness (QED) is 0.620. The van der Waals surface area contributed by atoms with Crippen LogP contribution in [-0.2, 0) is 4.79 Å². The monoisotopic (exact) mass is 224 g/mol. The SMILES string of the molecule is Cc1nnc(C(=O)N2CCN(C=O)CC2)o1. The van der Waals surface area contributed by atoms with Crippen molar-refractivity contribution in [3.05, 3.63) is 11.8 Å². The minimum absolute atomic E-state index is 0.0112. The second kappa shape index (κ2) is 4.30. The normalized spacial score (nSPS) is 16.3. The van der Waals surface area contributed by atoms with E-state index in [2.05, 4.69) is 10.2 Å². The van der Waals surface area contributed by atoms with Gasteiger partial charge in [-0.25, -0.2) is 0 Å². The molecular weight excluding hydrogens is 212 g/mol. The molecule has 0 saturated carbocycles. The fourth-order valence-electron chi connectivity index (χ4n) is 1.55. The highest BCUT2D eigenvalue weighted by Gasteiger charge is 2.24. The Kier molecular flexibility index (Phi) is 2.84. The third-order valence-corrected chi connectivity index (χ3v) is 2.46. The molecule has 1 saturated heterocycles. The molecule has 0 atom stereocenters. The molecule has 1 aliphatic heterocycles. The molecule has 7 nitrogen and oxygen atoms in total. The third kappa shape index (κ3) is 2.02. The maximum atomic E-state index is 11.8. The van der Waals surface area contributed by atoms with Gasteiger partial charge in [0, 0.05) is 33.1 Å². The van der Waals surface area contributed by atoms with Crippen molar-refractivity contribution in [2.75, 3.05) is 26.2 Å². The van der Waals surface area contributed by atoms with Crippen molar-refractivity contribution in [1.29, 1.82) is 0 Å². The van der Waals surface area contributed by atoms with Crippen molar-refractivity contribution < 1.29 is 14.0 Å². The van der Waals surface area contributed by atoms with Crippen molar-refractivity contribution in [1.82, 2.24) is 20.0 Å². The molecule has 1 aromatic heterocycles. The van der Waals surface area contributed by atoms with E-state index >= 15 is 0 Å². The fraction of sp³-hybridized carbons (Fsp3) is 0.556. The fourth-order valence-corrected chi connectivity index (χ4v) is 1.55. The summed E-state index contributed by atoms with van der Waals surface area (Å²) in [6.07, 6.45) is 0.790. The molecule has 0 unspecified atom stereocenters. The van der Waals surface area contributed by atoms with Crippen LogP contribution >= 0.6 is 0 Å². The van der Waals surface area contributed by atoms with Crippen LogP contribution < -0.4 is 0 Å². The molecule has 2 heterocycles. The summed E-state index contributed by atoms with van der Waals surface area (Å²) in [6.45, 7) is 3.72. The standard InChI is InChI=1S/C9H12N4O3/c1-7-10-11-8(16-7)9(15)13-4-2-12(6-14)3-5-13/h6H,2-5H2,1H3. The summed E-state index contributed by atoms with van der Waals surface area (Å²) < 4.78 is 5.06. The van der Waals surface area contributed by atoms with Crippen LogP contribution in [-0.4, -0.2) is 58.5 Å². The summed E-state index contributed by atoms with van der Waals surface area (Å²) in [7, 11) is 0. The number of aromatic nitrogens is 2. The van der Waals surface area contributed by atoms with Gasteiger partial charge in [-0.1, -0.05) is 0 Å². The lowest BCUT2D eigenvalue weighted by Crippen LogP contribution is -2.48. The van der Waals surface area contributed by atoms with Gasteiger partial charge >= 0.3 is 11.8 Å². The van der Waals surface area contributed by atoms with Gasteiger partial charge in [0.15, 0.2) is 0 Å². The van der Waals surface area contributed by atoms with Crippen LogP contribution in [0, 0.1) is 6.92 Å². The number of amides is 2. The summed E-state index contributed by atoms with van der Waals surface area (Å²) in [5, 5.41) is 7.27. The lowest BCUT2D eigenvalue weighted by molar-refractivity contribution is -0.119. The first-order valence-corrected chi connectivity index (χ1v) is 4.99. The van der Waals surface area contributed by atoms with Crippen LogP contribution in [0.2, 0.25) is 0 Å². The first kappa shape index (κ1) is 10.6. The molecule has 2 rings (SSSR count). The van der Waals surface area contributed by atoms with Crippen LogP contribution in [0.4, 0.5) is 0 Å². The molecule has 0 bridgehead atoms. The molecular formula is C9H12N4O3. The molecule has 7 heteroatoms. The Morgan fingerprint density at radius 2 is 2.00 bits per heavy atom. The predicted octanol–water partition coefficient (Wildman–Crippen LogP) is -0.708. The van der Waals surface area contributed by atoms with E-state index in [0.717, 1.165) is 6.41 Å². The molecule has 0 aromatic carbocycles. The summed E-state index contributed by atoms with van der Waals surface area (Å²) in [6, 6.07) is 0. The van der Waals surface area contributed by atoms with E-state index < -0.39 is 0 Å². The second-order valence-electron chi connectivity index (χ2n) is 3.56. The summed E-state index contributed by atoms with van der Waals surface area (Å²) in [4.78, 5) is 25.6. The highest BCUT2D eigenvalue weighted by atomic mass is 16.4. The Hall–Kier alpha value is -1.92. The zero-order valence-electron chi connectivity index (χ0n) is 8.92. The number of rotatable bonds is 2. The van der Waals surface area contributed by atoms with Gasteiger partial charge in [-0.3, -0.25) is 9.59 Å². The average molecular weight is 224 g/mol. The predicted molar refractivity (Wildman–Crippen MR) is 52.6 cm³/mol. The molecule has 0 spiro atoms. The lowest BCUT2D eigenvalue weighted by atomic mass is 10.3. The Bertz CT molecular complexity index is 395. The lowest BCUT2D eigenvalue weighted by Gasteiger charge is -2.31. The van der Waals surface area contributed by atoms with Gasteiger partial charge < -0.3 is 14.2 Å². The van der Waals surface area contributed by atoms with E-state index in [-0.39, 0.29) is 11.8 Å². The van der Waals surface area contributed by atoms with Crippen molar-refractivity contribution in [3.63, 3.8) is 0 Å². The van der Waals surface area contributed by atoms with E-state index in [1.807, 2.05) is 0 Å². The molecule has 1 aromatic rings. The molecule has 86 valence electrons. The number of hydrogen-bond acceptors (Lipinski definition) is 5. The van der Waals surface area contributed by atoms with Crippen LogP contribution in [0.5, 0.6) is 0 Å². The molecule has 1 fully saturated rings. The van der Waals surface area contributed by atoms with E-state index in [1.54, 1.807) is 16.7 Å². The topological polar surface area (TPSA) is 79.5 Å². The number of aryl methyl sites for hydroxylation is 1. The Morgan fingerprint density at radius 3 is 2.50 bits per heavy atom. The zero-order valence-corrected chi connectivity index (χ0v) is 8.92. The molecule has 0 aliphatic carbocycles. The third-order valence-electron chi connectivity index (χ3n) is 2.46. The summed E-state index contributed by atoms with van der Waals surface area (Å²) in [5.74, 6) is 0.109. The first-order chi connectivity index (χ1) is 7.70. The molecule has 1 aliphatic rings. The van der Waals surface area contributed by atoms with Gasteiger partial charge in [0.2, 0.25) is 12.3 Å². The summed E-state index contributed by atoms with van der Waals surface area (Å²) >= 11 is 0. The maximum Gasteiger partial charge on any atom is 0.311 e. The maximum absolute atomic E-state index is 11.8. The summed E-state index contributed by atoms with van der Waals surface area (Å²) in [5.41, 5.74) is 0. The molecule has 0 radical (unpaired) electrons. The van der Waals surface area contributed by atoms with Gasteiger partial charge in [-0.05, 0) is 0 Å². The van der Waals surface area contributed by atoms with E-state index in [0.29, 0.717) is 32.1 Å². The second-order valence-corrected chi connectivity index (χ2v) is 3.56. The van der Waals surface area contributed by atoms with Crippen LogP contribution in [0.1, 0.15) is 16.6 Å². The largest absolute Gasteiger partial charge is 0.417 e. The van der Waals surface area contributed by atoms with Crippen LogP contribution in [0.15, 0.2) is 4.42 Å². The van der Waals surface area contributed by atoms with Gasteiger partial charge in [-0.2, -0.15) is 0 Å². The van der Waals surface area contributed by atoms with Gasteiger partial charge in [-0.15, -0.1) is 10.2 Å². The van der Waals surface area contributed by atoms with Crippen LogP contribution in [0.25, 0.3) is 0 Å². The minimum atomic E-state index is -0.272. The van der Waals surface area contributed by atoms with Crippen molar-refractivity contribution in [2.45, 2.75) is 6.92 Å². The molecule has 0 N–H and O–H groups in total. The number of hydrogen-bond donors (Lipinski definition) is 0. The Labute approximate surface area is 92.0 Å². The van der Waals surface area contributed by atoms with Gasteiger partial charge in [0.05, 0.1) is 0 Å². The van der Waals surface area contributed by atoms with E-state index in [4.69, 9.17) is 4.42 Å². The van der Waals surface area contributed by atoms with E-state index in [1.165, 1.54) is 0 Å². The zero-order chi connectivity index (χ0) is 11.5. The highest BCUT2D eigenvalue weighted by Crippen LogP contribution is 2.06. The smallest absolute Gasteiger partial charge is 0.311 e. The number of carbonyl (C=O) groups excluding carboxylic acids is 2. The Balaban J connectivity index is 1.99. The number of nitrogens with zero attached hydrogens (tertiary/aromatic N) is 4. The minimum Gasteiger partial charge on any atom is -0.417 e. The molecule has 16 heavy (non-hydrogen) atoms. The van der Waals surface area contributed by atoms with Crippen molar-refractivity contribution in [3.8, 4) is 0 Å². The van der Waals surface area contributed by atoms with Crippen LogP contribution in [0.3, 0.4) is 0 Å². The number of piperazine rings is 1. The average Bonchev–Trinajstić information content (AvgIpc) is 2.75. The van der Waals surface area contributed by atoms with Gasteiger partial charge in [0.1, 0.15) is 0 Å². The highest BCUT2D eigenvalue weighted by molar-refractivity contribution is 5.89.